The van der Waals surface area contributed by atoms with Gasteiger partial charge in [0.2, 0.25) is 0 Å². The fourth-order valence-corrected chi connectivity index (χ4v) is 2.16. The fourth-order valence-electron chi connectivity index (χ4n) is 1.81. The number of fused-ring (bicyclic) bond motifs is 1. The highest BCUT2D eigenvalue weighted by atomic mass is 79.9. The number of carbonyl (C=O) groups is 1. The average Bonchev–Trinajstić information content (AvgIpc) is 2.32. The van der Waals surface area contributed by atoms with E-state index in [-0.39, 0.29) is 12.5 Å². The van der Waals surface area contributed by atoms with Crippen molar-refractivity contribution in [1.29, 1.82) is 0 Å². The van der Waals surface area contributed by atoms with E-state index in [0.29, 0.717) is 6.54 Å². The Labute approximate surface area is 109 Å². The Bertz CT molecular complexity index is 445. The van der Waals surface area contributed by atoms with Crippen LogP contribution in [0.1, 0.15) is 12.8 Å². The van der Waals surface area contributed by atoms with Crippen LogP contribution in [0.15, 0.2) is 35.3 Å². The van der Waals surface area contributed by atoms with Gasteiger partial charge >= 0.3 is 0 Å². The molecule has 0 atom stereocenters. The first-order valence-electron chi connectivity index (χ1n) is 5.56. The monoisotopic (exact) mass is 295 g/mol. The van der Waals surface area contributed by atoms with Gasteiger partial charge in [-0.2, -0.15) is 0 Å². The van der Waals surface area contributed by atoms with Gasteiger partial charge in [-0.15, -0.1) is 6.58 Å². The number of hydrogen-bond donors (Lipinski definition) is 0. The van der Waals surface area contributed by atoms with Crippen LogP contribution in [-0.2, 0) is 4.79 Å². The number of carbonyl (C=O) groups excluding carboxylic acids is 1. The molecule has 0 saturated heterocycles. The maximum Gasteiger partial charge on any atom is 0.265 e. The summed E-state index contributed by atoms with van der Waals surface area (Å²) in [4.78, 5) is 13.6. The van der Waals surface area contributed by atoms with Gasteiger partial charge < -0.3 is 9.64 Å². The molecule has 2 rings (SSSR count). The molecule has 0 fully saturated rings. The zero-order valence-electron chi connectivity index (χ0n) is 9.49. The topological polar surface area (TPSA) is 29.5 Å². The molecule has 0 bridgehead atoms. The van der Waals surface area contributed by atoms with E-state index in [1.54, 1.807) is 4.90 Å². The van der Waals surface area contributed by atoms with E-state index >= 15 is 0 Å². The first-order valence-corrected chi connectivity index (χ1v) is 6.35. The number of benzene rings is 1. The summed E-state index contributed by atoms with van der Waals surface area (Å²) in [7, 11) is 0. The van der Waals surface area contributed by atoms with Crippen molar-refractivity contribution < 1.29 is 9.53 Å². The predicted octanol–water partition coefficient (Wildman–Crippen LogP) is 3.14. The van der Waals surface area contributed by atoms with Gasteiger partial charge in [0.25, 0.3) is 5.91 Å². The van der Waals surface area contributed by atoms with Gasteiger partial charge in [-0.1, -0.05) is 22.0 Å². The molecule has 1 aromatic rings. The second-order valence-electron chi connectivity index (χ2n) is 3.88. The summed E-state index contributed by atoms with van der Waals surface area (Å²) in [5, 5.41) is 0. The first kappa shape index (κ1) is 12.2. The minimum absolute atomic E-state index is 0.0136. The van der Waals surface area contributed by atoms with Crippen LogP contribution in [0.5, 0.6) is 5.75 Å². The second-order valence-corrected chi connectivity index (χ2v) is 4.79. The summed E-state index contributed by atoms with van der Waals surface area (Å²) in [6, 6.07) is 5.71. The Hall–Kier alpha value is -1.29. The lowest BCUT2D eigenvalue weighted by Gasteiger charge is -2.29. The van der Waals surface area contributed by atoms with E-state index in [2.05, 4.69) is 22.5 Å². The van der Waals surface area contributed by atoms with Gasteiger partial charge in [-0.25, -0.2) is 0 Å². The fraction of sp³-hybridized carbons (Fsp3) is 0.308. The minimum Gasteiger partial charge on any atom is -0.482 e. The lowest BCUT2D eigenvalue weighted by Crippen LogP contribution is -2.39. The van der Waals surface area contributed by atoms with Crippen molar-refractivity contribution in [1.82, 2.24) is 0 Å². The number of rotatable bonds is 4. The van der Waals surface area contributed by atoms with Gasteiger partial charge in [-0.05, 0) is 31.0 Å². The molecule has 0 radical (unpaired) electrons. The van der Waals surface area contributed by atoms with Crippen LogP contribution in [0.3, 0.4) is 0 Å². The normalized spacial score (nSPS) is 14.2. The average molecular weight is 296 g/mol. The Kier molecular flexibility index (Phi) is 3.84. The van der Waals surface area contributed by atoms with Gasteiger partial charge in [0.1, 0.15) is 5.75 Å². The van der Waals surface area contributed by atoms with Crippen LogP contribution < -0.4 is 9.64 Å². The van der Waals surface area contributed by atoms with E-state index in [0.717, 1.165) is 28.8 Å². The van der Waals surface area contributed by atoms with E-state index in [1.165, 1.54) is 0 Å². The number of anilines is 1. The molecule has 0 unspecified atom stereocenters. The summed E-state index contributed by atoms with van der Waals surface area (Å²) in [5.41, 5.74) is 0.847. The first-order chi connectivity index (χ1) is 8.22. The summed E-state index contributed by atoms with van der Waals surface area (Å²) in [5.74, 6) is 0.783. The van der Waals surface area contributed by atoms with E-state index in [4.69, 9.17) is 4.74 Å². The van der Waals surface area contributed by atoms with Crippen LogP contribution in [0.2, 0.25) is 0 Å². The molecule has 0 N–H and O–H groups in total. The molecule has 0 aromatic heterocycles. The molecule has 1 aliphatic heterocycles. The van der Waals surface area contributed by atoms with Crippen LogP contribution in [0.4, 0.5) is 5.69 Å². The Morgan fingerprint density at radius 1 is 1.53 bits per heavy atom. The van der Waals surface area contributed by atoms with Gasteiger partial charge in [-0.3, -0.25) is 4.79 Å². The minimum atomic E-state index is 0.0136. The Morgan fingerprint density at radius 2 is 2.35 bits per heavy atom. The summed E-state index contributed by atoms with van der Waals surface area (Å²) in [6.45, 7) is 4.52. The maximum absolute atomic E-state index is 11.8. The molecule has 17 heavy (non-hydrogen) atoms. The highest BCUT2D eigenvalue weighted by Crippen LogP contribution is 2.34. The Morgan fingerprint density at radius 3 is 3.12 bits per heavy atom. The smallest absolute Gasteiger partial charge is 0.265 e. The van der Waals surface area contributed by atoms with Crippen molar-refractivity contribution in [3.8, 4) is 5.75 Å². The number of nitrogens with zero attached hydrogens (tertiary/aromatic N) is 1. The quantitative estimate of drug-likeness (QED) is 0.631. The number of allylic oxidation sites excluding steroid dienone is 1. The molecule has 1 aliphatic rings. The van der Waals surface area contributed by atoms with E-state index in [9.17, 15) is 4.79 Å². The molecule has 4 heteroatoms. The second kappa shape index (κ2) is 5.36. The maximum atomic E-state index is 11.8. The molecule has 1 amide bonds. The summed E-state index contributed by atoms with van der Waals surface area (Å²) in [6.07, 6.45) is 3.70. The molecule has 90 valence electrons. The van der Waals surface area contributed by atoms with Crippen LogP contribution in [-0.4, -0.2) is 19.1 Å². The van der Waals surface area contributed by atoms with Crippen LogP contribution in [0.25, 0.3) is 0 Å². The summed E-state index contributed by atoms with van der Waals surface area (Å²) < 4.78 is 6.34. The molecular weight excluding hydrogens is 282 g/mol. The molecule has 3 nitrogen and oxygen atoms in total. The van der Waals surface area contributed by atoms with Crippen LogP contribution >= 0.6 is 15.9 Å². The number of halogens is 1. The third-order valence-corrected chi connectivity index (χ3v) is 3.15. The molecule has 1 heterocycles. The number of ether oxygens (including phenoxy) is 1. The van der Waals surface area contributed by atoms with Crippen molar-refractivity contribution in [3.05, 3.63) is 35.3 Å². The van der Waals surface area contributed by atoms with E-state index in [1.807, 2.05) is 24.3 Å². The highest BCUT2D eigenvalue weighted by molar-refractivity contribution is 9.10. The molecular formula is C13H14BrNO2. The standard InChI is InChI=1S/C13H14BrNO2/c1-2-3-4-7-15-11-8-10(14)5-6-12(11)17-9-13(15)16/h2,5-6,8H,1,3-4,7,9H2. The lowest BCUT2D eigenvalue weighted by molar-refractivity contribution is -0.121. The Balaban J connectivity index is 2.22. The zero-order valence-corrected chi connectivity index (χ0v) is 11.1. The predicted molar refractivity (Wildman–Crippen MR) is 71.4 cm³/mol. The van der Waals surface area contributed by atoms with Gasteiger partial charge in [0.15, 0.2) is 6.61 Å². The SMILES string of the molecule is C=CCCCN1C(=O)COc2ccc(Br)cc21. The van der Waals surface area contributed by atoms with E-state index < -0.39 is 0 Å². The third kappa shape index (κ3) is 2.69. The van der Waals surface area contributed by atoms with Gasteiger partial charge in [0.05, 0.1) is 5.69 Å². The molecule has 0 saturated carbocycles. The highest BCUT2D eigenvalue weighted by Gasteiger charge is 2.24. The van der Waals surface area contributed by atoms with Crippen LogP contribution in [0, 0.1) is 0 Å². The van der Waals surface area contributed by atoms with Crippen molar-refractivity contribution in [2.75, 3.05) is 18.1 Å². The number of amides is 1. The lowest BCUT2D eigenvalue weighted by atomic mass is 10.2. The largest absolute Gasteiger partial charge is 0.482 e. The molecule has 0 aliphatic carbocycles. The van der Waals surface area contributed by atoms with Crippen molar-refractivity contribution in [3.63, 3.8) is 0 Å². The summed E-state index contributed by atoms with van der Waals surface area (Å²) >= 11 is 3.41. The zero-order chi connectivity index (χ0) is 12.3. The van der Waals surface area contributed by atoms with Crippen molar-refractivity contribution in [2.45, 2.75) is 12.8 Å². The molecule has 1 aromatic carbocycles. The molecule has 0 spiro atoms. The van der Waals surface area contributed by atoms with Crippen molar-refractivity contribution >= 4 is 27.5 Å². The number of unbranched alkanes of at least 4 members (excludes halogenated alkanes) is 1. The van der Waals surface area contributed by atoms with Crippen molar-refractivity contribution in [2.24, 2.45) is 0 Å². The number of hydrogen-bond acceptors (Lipinski definition) is 2. The van der Waals surface area contributed by atoms with Gasteiger partial charge in [0, 0.05) is 11.0 Å². The third-order valence-electron chi connectivity index (χ3n) is 2.65.